The number of carbonyl (C=O) groups excluding carboxylic acids is 1. The Morgan fingerprint density at radius 1 is 0.786 bits per heavy atom. The van der Waals surface area contributed by atoms with E-state index in [1.165, 1.54) is 12.1 Å². The molecule has 2 amide bonds. The number of rotatable bonds is 5. The summed E-state index contributed by atoms with van der Waals surface area (Å²) in [6.45, 7) is 0.437. The first kappa shape index (κ1) is 18.3. The fraction of sp³-hybridized carbons (Fsp3) is 0.136. The van der Waals surface area contributed by atoms with Crippen molar-refractivity contribution in [2.24, 2.45) is 0 Å². The molecule has 1 saturated heterocycles. The van der Waals surface area contributed by atoms with Gasteiger partial charge in [-0.1, -0.05) is 78.9 Å². The lowest BCUT2D eigenvalue weighted by Crippen LogP contribution is -2.36. The fourth-order valence-electron chi connectivity index (χ4n) is 3.45. The molecule has 0 aromatic heterocycles. The SMILES string of the molecule is O=C1N(Cc2ccccc2)C(c2ccccc2)CN1S(=O)(=O)c1ccccc1. The molecule has 1 fully saturated rings. The van der Waals surface area contributed by atoms with E-state index in [2.05, 4.69) is 0 Å². The summed E-state index contributed by atoms with van der Waals surface area (Å²) < 4.78 is 27.2. The van der Waals surface area contributed by atoms with Gasteiger partial charge in [0.2, 0.25) is 0 Å². The van der Waals surface area contributed by atoms with Gasteiger partial charge in [0.15, 0.2) is 0 Å². The molecule has 1 aliphatic heterocycles. The summed E-state index contributed by atoms with van der Waals surface area (Å²) in [5, 5.41) is 0. The van der Waals surface area contributed by atoms with E-state index in [1.807, 2.05) is 60.7 Å². The highest BCUT2D eigenvalue weighted by Crippen LogP contribution is 2.34. The quantitative estimate of drug-likeness (QED) is 0.658. The first-order chi connectivity index (χ1) is 13.6. The lowest BCUT2D eigenvalue weighted by atomic mass is 10.1. The Balaban J connectivity index is 1.72. The Morgan fingerprint density at radius 2 is 1.32 bits per heavy atom. The van der Waals surface area contributed by atoms with E-state index in [0.717, 1.165) is 15.4 Å². The van der Waals surface area contributed by atoms with E-state index >= 15 is 0 Å². The molecule has 5 nitrogen and oxygen atoms in total. The number of hydrogen-bond acceptors (Lipinski definition) is 3. The molecule has 3 aromatic rings. The van der Waals surface area contributed by atoms with Crippen LogP contribution in [0, 0.1) is 0 Å². The highest BCUT2D eigenvalue weighted by Gasteiger charge is 2.44. The molecule has 142 valence electrons. The summed E-state index contributed by atoms with van der Waals surface area (Å²) in [6.07, 6.45) is 0. The van der Waals surface area contributed by atoms with Gasteiger partial charge in [0.05, 0.1) is 17.5 Å². The Labute approximate surface area is 164 Å². The van der Waals surface area contributed by atoms with Crippen LogP contribution >= 0.6 is 0 Å². The lowest BCUT2D eigenvalue weighted by Gasteiger charge is -2.23. The van der Waals surface area contributed by atoms with E-state index in [9.17, 15) is 13.2 Å². The van der Waals surface area contributed by atoms with E-state index < -0.39 is 16.1 Å². The second-order valence-electron chi connectivity index (χ2n) is 6.67. The van der Waals surface area contributed by atoms with Crippen LogP contribution in [0.4, 0.5) is 4.79 Å². The van der Waals surface area contributed by atoms with Crippen molar-refractivity contribution in [3.8, 4) is 0 Å². The van der Waals surface area contributed by atoms with Crippen molar-refractivity contribution in [1.29, 1.82) is 0 Å². The average Bonchev–Trinajstić information content (AvgIpc) is 3.07. The van der Waals surface area contributed by atoms with Crippen LogP contribution in [0.3, 0.4) is 0 Å². The van der Waals surface area contributed by atoms with Crippen LogP contribution in [0.25, 0.3) is 0 Å². The van der Waals surface area contributed by atoms with Crippen LogP contribution in [0.1, 0.15) is 17.2 Å². The van der Waals surface area contributed by atoms with Crippen LogP contribution in [0.15, 0.2) is 95.9 Å². The van der Waals surface area contributed by atoms with Crippen molar-refractivity contribution in [3.63, 3.8) is 0 Å². The third-order valence-electron chi connectivity index (χ3n) is 4.89. The standard InChI is InChI=1S/C22H20N2O3S/c25-22-23(16-18-10-4-1-5-11-18)21(19-12-6-2-7-13-19)17-24(22)28(26,27)20-14-8-3-9-15-20/h1-15,21H,16-17H2. The van der Waals surface area contributed by atoms with Crippen molar-refractivity contribution < 1.29 is 13.2 Å². The zero-order valence-electron chi connectivity index (χ0n) is 15.2. The minimum absolute atomic E-state index is 0.0902. The fourth-order valence-corrected chi connectivity index (χ4v) is 4.85. The van der Waals surface area contributed by atoms with Gasteiger partial charge in [-0.2, -0.15) is 0 Å². The van der Waals surface area contributed by atoms with Crippen LogP contribution in [0.2, 0.25) is 0 Å². The predicted molar refractivity (Wildman–Crippen MR) is 107 cm³/mol. The molecule has 3 aromatic carbocycles. The molecular weight excluding hydrogens is 372 g/mol. The summed E-state index contributed by atoms with van der Waals surface area (Å²) in [6, 6.07) is 26.4. The third-order valence-corrected chi connectivity index (χ3v) is 6.64. The first-order valence-corrected chi connectivity index (χ1v) is 10.5. The summed E-state index contributed by atoms with van der Waals surface area (Å²) in [5.41, 5.74) is 1.87. The minimum atomic E-state index is -3.91. The van der Waals surface area contributed by atoms with Gasteiger partial charge >= 0.3 is 6.03 Å². The third kappa shape index (κ3) is 3.39. The molecule has 0 bridgehead atoms. The molecule has 1 unspecified atom stereocenters. The second kappa shape index (κ2) is 7.48. The van der Waals surface area contributed by atoms with Gasteiger partial charge in [-0.3, -0.25) is 0 Å². The van der Waals surface area contributed by atoms with Crippen LogP contribution in [-0.4, -0.2) is 30.2 Å². The number of amides is 2. The van der Waals surface area contributed by atoms with Crippen LogP contribution in [-0.2, 0) is 16.6 Å². The summed E-state index contributed by atoms with van der Waals surface area (Å²) in [7, 11) is -3.91. The topological polar surface area (TPSA) is 57.7 Å². The van der Waals surface area contributed by atoms with E-state index in [1.54, 1.807) is 23.1 Å². The molecule has 0 saturated carbocycles. The number of hydrogen-bond donors (Lipinski definition) is 0. The average molecular weight is 392 g/mol. The van der Waals surface area contributed by atoms with Crippen molar-refractivity contribution in [2.45, 2.75) is 17.5 Å². The Bertz CT molecular complexity index is 1050. The number of sulfonamides is 1. The zero-order chi connectivity index (χ0) is 19.6. The number of urea groups is 1. The van der Waals surface area contributed by atoms with Gasteiger partial charge in [-0.15, -0.1) is 0 Å². The Hall–Kier alpha value is -3.12. The van der Waals surface area contributed by atoms with E-state index in [-0.39, 0.29) is 17.5 Å². The monoisotopic (exact) mass is 392 g/mol. The summed E-state index contributed by atoms with van der Waals surface area (Å²) in [5.74, 6) is 0. The maximum Gasteiger partial charge on any atom is 0.334 e. The molecular formula is C22H20N2O3S. The number of benzene rings is 3. The van der Waals surface area contributed by atoms with Crippen molar-refractivity contribution in [1.82, 2.24) is 9.21 Å². The normalized spacial score (nSPS) is 17.1. The Morgan fingerprint density at radius 3 is 1.93 bits per heavy atom. The number of nitrogens with zero attached hydrogens (tertiary/aromatic N) is 2. The van der Waals surface area contributed by atoms with Gasteiger partial charge in [-0.25, -0.2) is 17.5 Å². The molecule has 1 heterocycles. The summed E-state index contributed by atoms with van der Waals surface area (Å²) in [4.78, 5) is 14.9. The van der Waals surface area contributed by atoms with Gasteiger partial charge in [0.1, 0.15) is 0 Å². The minimum Gasteiger partial charge on any atom is -0.311 e. The number of carbonyl (C=O) groups is 1. The van der Waals surface area contributed by atoms with E-state index in [4.69, 9.17) is 0 Å². The highest BCUT2D eigenvalue weighted by molar-refractivity contribution is 7.89. The molecule has 0 N–H and O–H groups in total. The van der Waals surface area contributed by atoms with Gasteiger partial charge in [0, 0.05) is 6.54 Å². The van der Waals surface area contributed by atoms with Crippen molar-refractivity contribution in [3.05, 3.63) is 102 Å². The van der Waals surface area contributed by atoms with Crippen LogP contribution < -0.4 is 0 Å². The largest absolute Gasteiger partial charge is 0.334 e. The Kier molecular flexibility index (Phi) is 4.88. The van der Waals surface area contributed by atoms with E-state index in [0.29, 0.717) is 6.54 Å². The van der Waals surface area contributed by atoms with Gasteiger partial charge in [-0.05, 0) is 23.3 Å². The predicted octanol–water partition coefficient (Wildman–Crippen LogP) is 4.05. The van der Waals surface area contributed by atoms with Gasteiger partial charge in [0.25, 0.3) is 10.0 Å². The van der Waals surface area contributed by atoms with Gasteiger partial charge < -0.3 is 4.90 Å². The maximum atomic E-state index is 13.2. The highest BCUT2D eigenvalue weighted by atomic mass is 32.2. The van der Waals surface area contributed by atoms with Crippen molar-refractivity contribution >= 4 is 16.1 Å². The maximum absolute atomic E-state index is 13.2. The molecule has 6 heteroatoms. The summed E-state index contributed by atoms with van der Waals surface area (Å²) >= 11 is 0. The molecule has 0 radical (unpaired) electrons. The molecule has 28 heavy (non-hydrogen) atoms. The molecule has 1 aliphatic rings. The zero-order valence-corrected chi connectivity index (χ0v) is 16.0. The molecule has 0 aliphatic carbocycles. The molecule has 4 rings (SSSR count). The second-order valence-corrected chi connectivity index (χ2v) is 8.53. The molecule has 0 spiro atoms. The lowest BCUT2D eigenvalue weighted by molar-refractivity contribution is 0.194. The first-order valence-electron chi connectivity index (χ1n) is 9.04. The molecule has 1 atom stereocenters. The van der Waals surface area contributed by atoms with Crippen LogP contribution in [0.5, 0.6) is 0 Å². The smallest absolute Gasteiger partial charge is 0.311 e. The van der Waals surface area contributed by atoms with Crippen molar-refractivity contribution in [2.75, 3.05) is 6.54 Å².